The van der Waals surface area contributed by atoms with Crippen LogP contribution in [0.5, 0.6) is 0 Å². The molecule has 0 saturated carbocycles. The number of hydrogen-bond acceptors (Lipinski definition) is 3. The standard InChI is InChI=1S/C19H27NO2/c1-6-10-16(15-11-8-7-9-12-15)18(2,3)19(4,14-20)13-17(21)22-5/h7-9,11-12,16H,6,10,13H2,1-5H3. The highest BCUT2D eigenvalue weighted by molar-refractivity contribution is 5.70. The molecule has 0 aliphatic carbocycles. The molecule has 2 unspecified atom stereocenters. The van der Waals surface area contributed by atoms with Gasteiger partial charge in [-0.15, -0.1) is 0 Å². The van der Waals surface area contributed by atoms with E-state index in [0.717, 1.165) is 12.8 Å². The number of nitrogens with zero attached hydrogens (tertiary/aromatic N) is 1. The highest BCUT2D eigenvalue weighted by atomic mass is 16.5. The van der Waals surface area contributed by atoms with E-state index in [1.165, 1.54) is 12.7 Å². The predicted octanol–water partition coefficient (Wildman–Crippen LogP) is 4.69. The fourth-order valence-electron chi connectivity index (χ4n) is 3.08. The normalized spacial score (nSPS) is 15.5. The van der Waals surface area contributed by atoms with E-state index in [-0.39, 0.29) is 23.7 Å². The van der Waals surface area contributed by atoms with Crippen LogP contribution in [0.3, 0.4) is 0 Å². The molecule has 22 heavy (non-hydrogen) atoms. The average molecular weight is 301 g/mol. The minimum atomic E-state index is -0.782. The summed E-state index contributed by atoms with van der Waals surface area (Å²) in [7, 11) is 1.37. The topological polar surface area (TPSA) is 50.1 Å². The van der Waals surface area contributed by atoms with Gasteiger partial charge in [-0.1, -0.05) is 57.5 Å². The third-order valence-electron chi connectivity index (χ3n) is 5.04. The Labute approximate surface area is 134 Å². The Bertz CT molecular complexity index is 530. The zero-order valence-electron chi connectivity index (χ0n) is 14.3. The van der Waals surface area contributed by atoms with Crippen LogP contribution in [-0.4, -0.2) is 13.1 Å². The number of carbonyl (C=O) groups excluding carboxylic acids is 1. The van der Waals surface area contributed by atoms with E-state index in [2.05, 4.69) is 39.0 Å². The molecule has 1 rings (SSSR count). The van der Waals surface area contributed by atoms with Gasteiger partial charge in [-0.3, -0.25) is 4.79 Å². The van der Waals surface area contributed by atoms with E-state index in [0.29, 0.717) is 0 Å². The summed E-state index contributed by atoms with van der Waals surface area (Å²) in [6, 6.07) is 12.7. The number of methoxy groups -OCH3 is 1. The third kappa shape index (κ3) is 3.68. The summed E-state index contributed by atoms with van der Waals surface area (Å²) in [5.41, 5.74) is 0.0870. The van der Waals surface area contributed by atoms with Crippen LogP contribution in [0.15, 0.2) is 30.3 Å². The fraction of sp³-hybridized carbons (Fsp3) is 0.579. The fourth-order valence-corrected chi connectivity index (χ4v) is 3.08. The number of esters is 1. The highest BCUT2D eigenvalue weighted by Gasteiger charge is 2.48. The SMILES string of the molecule is CCCC(c1ccccc1)C(C)(C)C(C)(C#N)CC(=O)OC. The molecular formula is C19H27NO2. The van der Waals surface area contributed by atoms with E-state index in [9.17, 15) is 10.1 Å². The van der Waals surface area contributed by atoms with Crippen LogP contribution < -0.4 is 0 Å². The van der Waals surface area contributed by atoms with Crippen molar-refractivity contribution in [1.29, 1.82) is 5.26 Å². The molecule has 1 aromatic carbocycles. The molecule has 0 fully saturated rings. The van der Waals surface area contributed by atoms with Gasteiger partial charge in [-0.25, -0.2) is 0 Å². The lowest BCUT2D eigenvalue weighted by Gasteiger charge is -2.45. The van der Waals surface area contributed by atoms with Crippen LogP contribution >= 0.6 is 0 Å². The van der Waals surface area contributed by atoms with Gasteiger partial charge >= 0.3 is 5.97 Å². The zero-order valence-corrected chi connectivity index (χ0v) is 14.3. The largest absolute Gasteiger partial charge is 0.469 e. The van der Waals surface area contributed by atoms with Crippen LogP contribution in [-0.2, 0) is 9.53 Å². The molecule has 0 saturated heterocycles. The first-order valence-corrected chi connectivity index (χ1v) is 7.85. The number of rotatable bonds is 7. The maximum atomic E-state index is 11.8. The summed E-state index contributed by atoms with van der Waals surface area (Å²) in [6.07, 6.45) is 2.12. The van der Waals surface area contributed by atoms with Gasteiger partial charge in [0.15, 0.2) is 0 Å². The molecule has 0 spiro atoms. The monoisotopic (exact) mass is 301 g/mol. The van der Waals surface area contributed by atoms with Crippen molar-refractivity contribution in [2.24, 2.45) is 10.8 Å². The van der Waals surface area contributed by atoms with Crippen LogP contribution in [0.25, 0.3) is 0 Å². The van der Waals surface area contributed by atoms with Crippen molar-refractivity contribution in [2.45, 2.75) is 52.9 Å². The maximum absolute atomic E-state index is 11.8. The summed E-state index contributed by atoms with van der Waals surface area (Å²) >= 11 is 0. The van der Waals surface area contributed by atoms with Crippen molar-refractivity contribution in [3.63, 3.8) is 0 Å². The van der Waals surface area contributed by atoms with Crippen LogP contribution in [0.1, 0.15) is 58.4 Å². The zero-order chi connectivity index (χ0) is 16.8. The lowest BCUT2D eigenvalue weighted by molar-refractivity contribution is -0.144. The van der Waals surface area contributed by atoms with E-state index in [4.69, 9.17) is 4.74 Å². The molecule has 2 atom stereocenters. The van der Waals surface area contributed by atoms with E-state index in [1.807, 2.05) is 25.1 Å². The Morgan fingerprint density at radius 3 is 2.32 bits per heavy atom. The number of nitriles is 1. The number of carbonyl (C=O) groups is 1. The Kier molecular flexibility index (Phi) is 6.17. The van der Waals surface area contributed by atoms with Crippen molar-refractivity contribution >= 4 is 5.97 Å². The molecule has 0 radical (unpaired) electrons. The first kappa shape index (κ1) is 18.2. The molecule has 0 amide bonds. The van der Waals surface area contributed by atoms with Crippen molar-refractivity contribution in [3.8, 4) is 6.07 Å². The van der Waals surface area contributed by atoms with Crippen LogP contribution in [0.4, 0.5) is 0 Å². The van der Waals surface area contributed by atoms with E-state index in [1.54, 1.807) is 0 Å². The van der Waals surface area contributed by atoms with Gasteiger partial charge in [0.1, 0.15) is 0 Å². The second-order valence-electron chi connectivity index (χ2n) is 6.67. The van der Waals surface area contributed by atoms with Crippen molar-refractivity contribution in [2.75, 3.05) is 7.11 Å². The number of hydrogen-bond donors (Lipinski definition) is 0. The van der Waals surface area contributed by atoms with Gasteiger partial charge in [0, 0.05) is 0 Å². The second kappa shape index (κ2) is 7.45. The van der Waals surface area contributed by atoms with Gasteiger partial charge in [-0.05, 0) is 30.2 Å². The summed E-state index contributed by atoms with van der Waals surface area (Å²) in [5, 5.41) is 9.77. The minimum absolute atomic E-state index is 0.111. The quantitative estimate of drug-likeness (QED) is 0.686. The summed E-state index contributed by atoms with van der Waals surface area (Å²) in [4.78, 5) is 11.8. The van der Waals surface area contributed by atoms with Crippen LogP contribution in [0, 0.1) is 22.2 Å². The van der Waals surface area contributed by atoms with Gasteiger partial charge in [0.25, 0.3) is 0 Å². The van der Waals surface area contributed by atoms with Crippen molar-refractivity contribution in [1.82, 2.24) is 0 Å². The number of benzene rings is 1. The molecular weight excluding hydrogens is 274 g/mol. The Hall–Kier alpha value is -1.82. The molecule has 3 heteroatoms. The minimum Gasteiger partial charge on any atom is -0.469 e. The van der Waals surface area contributed by atoms with Gasteiger partial charge in [-0.2, -0.15) is 5.26 Å². The van der Waals surface area contributed by atoms with Gasteiger partial charge in [0.05, 0.1) is 25.0 Å². The molecule has 0 bridgehead atoms. The number of ether oxygens (including phenoxy) is 1. The molecule has 0 aliphatic heterocycles. The predicted molar refractivity (Wildman–Crippen MR) is 88.2 cm³/mol. The Morgan fingerprint density at radius 2 is 1.86 bits per heavy atom. The molecule has 0 N–H and O–H groups in total. The Morgan fingerprint density at radius 1 is 1.27 bits per heavy atom. The summed E-state index contributed by atoms with van der Waals surface area (Å²) in [6.45, 7) is 8.20. The highest BCUT2D eigenvalue weighted by Crippen LogP contribution is 2.52. The van der Waals surface area contributed by atoms with Crippen LogP contribution in [0.2, 0.25) is 0 Å². The molecule has 120 valence electrons. The smallest absolute Gasteiger partial charge is 0.307 e. The first-order valence-electron chi connectivity index (χ1n) is 7.85. The first-order chi connectivity index (χ1) is 10.3. The Balaban J connectivity index is 3.25. The second-order valence-corrected chi connectivity index (χ2v) is 6.67. The van der Waals surface area contributed by atoms with Crippen molar-refractivity contribution in [3.05, 3.63) is 35.9 Å². The molecule has 0 heterocycles. The van der Waals surface area contributed by atoms with Crippen molar-refractivity contribution < 1.29 is 9.53 Å². The lowest BCUT2D eigenvalue weighted by Crippen LogP contribution is -2.41. The summed E-state index contributed by atoms with van der Waals surface area (Å²) < 4.78 is 4.80. The summed E-state index contributed by atoms with van der Waals surface area (Å²) in [5.74, 6) is -0.117. The molecule has 1 aromatic rings. The lowest BCUT2D eigenvalue weighted by atomic mass is 9.57. The average Bonchev–Trinajstić information content (AvgIpc) is 2.52. The molecule has 0 aromatic heterocycles. The van der Waals surface area contributed by atoms with E-state index < -0.39 is 5.41 Å². The maximum Gasteiger partial charge on any atom is 0.307 e. The molecule has 3 nitrogen and oxygen atoms in total. The molecule has 0 aliphatic rings. The van der Waals surface area contributed by atoms with E-state index >= 15 is 0 Å². The third-order valence-corrected chi connectivity index (χ3v) is 5.04. The van der Waals surface area contributed by atoms with Gasteiger partial charge in [0.2, 0.25) is 0 Å². The van der Waals surface area contributed by atoms with Gasteiger partial charge < -0.3 is 4.74 Å².